The van der Waals surface area contributed by atoms with Crippen molar-refractivity contribution in [2.45, 2.75) is 108 Å². The number of amides is 4. The summed E-state index contributed by atoms with van der Waals surface area (Å²) in [5, 5.41) is 38.4. The molecule has 2 heterocycles. The summed E-state index contributed by atoms with van der Waals surface area (Å²) in [6.45, 7) is 0.571. The van der Waals surface area contributed by atoms with E-state index in [1.807, 2.05) is 0 Å². The summed E-state index contributed by atoms with van der Waals surface area (Å²) < 4.78 is 0. The Hall–Kier alpha value is -3.82. The summed E-state index contributed by atoms with van der Waals surface area (Å²) >= 11 is 0. The van der Waals surface area contributed by atoms with E-state index in [1.54, 1.807) is 6.20 Å². The maximum atomic E-state index is 13.5. The van der Waals surface area contributed by atoms with Crippen molar-refractivity contribution in [1.82, 2.24) is 41.2 Å². The van der Waals surface area contributed by atoms with Crippen LogP contribution in [-0.2, 0) is 32.0 Å². The van der Waals surface area contributed by atoms with Gasteiger partial charge < -0.3 is 46.6 Å². The van der Waals surface area contributed by atoms with Crippen LogP contribution in [0.15, 0.2) is 25.0 Å². The molecule has 15 heteroatoms. The molecular formula is C30H50N8O7. The lowest BCUT2D eigenvalue weighted by atomic mass is 10.1. The van der Waals surface area contributed by atoms with Crippen LogP contribution in [0.1, 0.15) is 82.5 Å². The molecule has 252 valence electrons. The smallest absolute Gasteiger partial charge is 0.245 e. The van der Waals surface area contributed by atoms with Gasteiger partial charge in [-0.3, -0.25) is 19.2 Å². The SMILES string of the molecule is CCCCCCCCCCCC(=O)N[C@@H](Cc1cnc[nH]1)C(=O)N[C@@H](Cc1cnc[nH]1)C(=O)N[C@@H](CO)C(=O)NCC(O)CO. The molecule has 0 saturated carbocycles. The third-order valence-corrected chi connectivity index (χ3v) is 7.29. The fraction of sp³-hybridized carbons (Fsp3) is 0.667. The summed E-state index contributed by atoms with van der Waals surface area (Å²) in [7, 11) is 0. The second kappa shape index (κ2) is 21.8. The lowest BCUT2D eigenvalue weighted by Crippen LogP contribution is -2.58. The Morgan fingerprint density at radius 1 is 0.711 bits per heavy atom. The summed E-state index contributed by atoms with van der Waals surface area (Å²) in [6, 6.07) is -3.62. The number of carbonyl (C=O) groups excluding carboxylic acids is 4. The van der Waals surface area contributed by atoms with Gasteiger partial charge in [0.05, 0.1) is 32.0 Å². The molecule has 0 aliphatic heterocycles. The molecule has 0 aliphatic rings. The van der Waals surface area contributed by atoms with Crippen LogP contribution in [0, 0.1) is 0 Å². The second-order valence-electron chi connectivity index (χ2n) is 11.1. The molecule has 4 amide bonds. The Morgan fingerprint density at radius 2 is 1.22 bits per heavy atom. The molecule has 45 heavy (non-hydrogen) atoms. The van der Waals surface area contributed by atoms with Crippen LogP contribution in [-0.4, -0.2) is 103 Å². The minimum Gasteiger partial charge on any atom is -0.394 e. The van der Waals surface area contributed by atoms with Crippen molar-refractivity contribution in [3.63, 3.8) is 0 Å². The summed E-state index contributed by atoms with van der Waals surface area (Å²) in [5.41, 5.74) is 1.13. The molecule has 0 aliphatic carbocycles. The summed E-state index contributed by atoms with van der Waals surface area (Å²) in [4.78, 5) is 65.8. The normalized spacial score (nSPS) is 13.8. The van der Waals surface area contributed by atoms with Gasteiger partial charge in [0.25, 0.3) is 0 Å². The van der Waals surface area contributed by atoms with Crippen molar-refractivity contribution in [3.8, 4) is 0 Å². The largest absolute Gasteiger partial charge is 0.394 e. The first-order chi connectivity index (χ1) is 21.8. The third kappa shape index (κ3) is 15.1. The minimum atomic E-state index is -1.39. The molecule has 0 fully saturated rings. The van der Waals surface area contributed by atoms with Gasteiger partial charge in [-0.05, 0) is 6.42 Å². The molecule has 0 saturated heterocycles. The minimum absolute atomic E-state index is 0.0241. The number of rotatable bonds is 24. The van der Waals surface area contributed by atoms with Crippen LogP contribution in [0.2, 0.25) is 0 Å². The highest BCUT2D eigenvalue weighted by Crippen LogP contribution is 2.11. The number of nitrogens with one attached hydrogen (secondary N) is 6. The van der Waals surface area contributed by atoms with Gasteiger partial charge in [-0.25, -0.2) is 9.97 Å². The number of aliphatic hydroxyl groups is 3. The number of hydrogen-bond donors (Lipinski definition) is 9. The fourth-order valence-corrected chi connectivity index (χ4v) is 4.66. The van der Waals surface area contributed by atoms with Crippen molar-refractivity contribution < 1.29 is 34.5 Å². The number of hydrogen-bond acceptors (Lipinski definition) is 9. The van der Waals surface area contributed by atoms with Gasteiger partial charge in [0.1, 0.15) is 18.1 Å². The van der Waals surface area contributed by atoms with E-state index in [9.17, 15) is 29.4 Å². The Balaban J connectivity index is 2.02. The molecule has 0 bridgehead atoms. The van der Waals surface area contributed by atoms with Gasteiger partial charge in [0.15, 0.2) is 0 Å². The highest BCUT2D eigenvalue weighted by Gasteiger charge is 2.30. The average molecular weight is 635 g/mol. The number of aromatic amines is 2. The molecule has 0 radical (unpaired) electrons. The van der Waals surface area contributed by atoms with E-state index in [2.05, 4.69) is 48.1 Å². The van der Waals surface area contributed by atoms with Crippen molar-refractivity contribution in [2.75, 3.05) is 19.8 Å². The fourth-order valence-electron chi connectivity index (χ4n) is 4.66. The van der Waals surface area contributed by atoms with Gasteiger partial charge >= 0.3 is 0 Å². The standard InChI is InChI=1S/C30H50N8O7/c1-2-3-4-5-6-7-8-9-10-11-27(42)36-24(12-21-14-31-19-34-21)29(44)37-25(13-22-15-32-20-35-22)30(45)38-26(18-40)28(43)33-16-23(41)17-39/h14-15,19-20,23-26,39-41H,2-13,16-18H2,1H3,(H,31,34)(H,32,35)(H,33,43)(H,36,42)(H,37,44)(H,38,45)/t23?,24-,25-,26-/m0/s1. The first-order valence-corrected chi connectivity index (χ1v) is 15.8. The molecule has 2 aromatic rings. The highest BCUT2D eigenvalue weighted by atomic mass is 16.3. The molecule has 0 spiro atoms. The number of unbranched alkanes of at least 4 members (excludes halogenated alkanes) is 8. The van der Waals surface area contributed by atoms with Crippen LogP contribution >= 0.6 is 0 Å². The Bertz CT molecular complexity index is 1110. The molecule has 2 rings (SSSR count). The van der Waals surface area contributed by atoms with Crippen LogP contribution in [0.4, 0.5) is 0 Å². The van der Waals surface area contributed by atoms with E-state index in [0.717, 1.165) is 19.3 Å². The van der Waals surface area contributed by atoms with E-state index in [-0.39, 0.29) is 31.7 Å². The topological polar surface area (TPSA) is 234 Å². The van der Waals surface area contributed by atoms with Gasteiger partial charge in [-0.2, -0.15) is 0 Å². The monoisotopic (exact) mass is 634 g/mol. The first-order valence-electron chi connectivity index (χ1n) is 15.8. The molecule has 9 N–H and O–H groups in total. The van der Waals surface area contributed by atoms with E-state index in [1.165, 1.54) is 51.0 Å². The van der Waals surface area contributed by atoms with Crippen LogP contribution in [0.3, 0.4) is 0 Å². The van der Waals surface area contributed by atoms with Gasteiger partial charge in [0.2, 0.25) is 23.6 Å². The van der Waals surface area contributed by atoms with Crippen molar-refractivity contribution in [3.05, 3.63) is 36.4 Å². The van der Waals surface area contributed by atoms with Crippen molar-refractivity contribution >= 4 is 23.6 Å². The summed E-state index contributed by atoms with van der Waals surface area (Å²) in [6.07, 6.45) is 15.0. The van der Waals surface area contributed by atoms with E-state index in [0.29, 0.717) is 17.8 Å². The molecule has 0 aromatic carbocycles. The van der Waals surface area contributed by atoms with Gasteiger partial charge in [-0.1, -0.05) is 58.3 Å². The van der Waals surface area contributed by atoms with Crippen LogP contribution in [0.5, 0.6) is 0 Å². The lowest BCUT2D eigenvalue weighted by molar-refractivity contribution is -0.134. The van der Waals surface area contributed by atoms with Gasteiger partial charge in [-0.15, -0.1) is 0 Å². The summed E-state index contributed by atoms with van der Waals surface area (Å²) in [5.74, 6) is -2.46. The highest BCUT2D eigenvalue weighted by molar-refractivity contribution is 5.94. The first kappa shape index (κ1) is 37.4. The zero-order valence-corrected chi connectivity index (χ0v) is 26.1. The Morgan fingerprint density at radius 3 is 1.71 bits per heavy atom. The second-order valence-corrected chi connectivity index (χ2v) is 11.1. The zero-order chi connectivity index (χ0) is 32.9. The predicted octanol–water partition coefficient (Wildman–Crippen LogP) is -0.245. The van der Waals surface area contributed by atoms with Crippen LogP contribution < -0.4 is 21.3 Å². The number of nitrogens with zero attached hydrogens (tertiary/aromatic N) is 2. The molecule has 1 unspecified atom stereocenters. The lowest BCUT2D eigenvalue weighted by Gasteiger charge is -2.24. The van der Waals surface area contributed by atoms with E-state index < -0.39 is 55.2 Å². The number of carbonyl (C=O) groups is 4. The maximum Gasteiger partial charge on any atom is 0.245 e. The van der Waals surface area contributed by atoms with Crippen molar-refractivity contribution in [1.29, 1.82) is 0 Å². The zero-order valence-electron chi connectivity index (χ0n) is 26.1. The molecule has 2 aromatic heterocycles. The Kier molecular flexibility index (Phi) is 18.1. The molecule has 4 atom stereocenters. The third-order valence-electron chi connectivity index (χ3n) is 7.29. The van der Waals surface area contributed by atoms with E-state index in [4.69, 9.17) is 5.11 Å². The van der Waals surface area contributed by atoms with Crippen LogP contribution in [0.25, 0.3) is 0 Å². The predicted molar refractivity (Wildman–Crippen MR) is 165 cm³/mol. The van der Waals surface area contributed by atoms with Gasteiger partial charge in [0, 0.05) is 49.6 Å². The quantitative estimate of drug-likeness (QED) is 0.0692. The Labute approximate surface area is 263 Å². The molecular weight excluding hydrogens is 584 g/mol. The van der Waals surface area contributed by atoms with E-state index >= 15 is 0 Å². The number of imidazole rings is 2. The number of aliphatic hydroxyl groups excluding tert-OH is 3. The number of aromatic nitrogens is 4. The average Bonchev–Trinajstić information content (AvgIpc) is 3.75. The van der Waals surface area contributed by atoms with Crippen molar-refractivity contribution in [2.24, 2.45) is 0 Å². The molecule has 15 nitrogen and oxygen atoms in total. The number of H-pyrrole nitrogens is 2. The maximum absolute atomic E-state index is 13.5.